The number of rotatable bonds is 24. The van der Waals surface area contributed by atoms with Crippen LogP contribution in [0.15, 0.2) is 0 Å². The fourth-order valence-electron chi connectivity index (χ4n) is 3.43. The second-order valence-electron chi connectivity index (χ2n) is 7.86. The summed E-state index contributed by atoms with van der Waals surface area (Å²) < 4.78 is 23.0. The van der Waals surface area contributed by atoms with Crippen molar-refractivity contribution in [2.24, 2.45) is 0 Å². The average molecular weight is 389 g/mol. The van der Waals surface area contributed by atoms with E-state index in [-0.39, 0.29) is 6.67 Å². The van der Waals surface area contributed by atoms with Crippen LogP contribution in [0.2, 0.25) is 0 Å². The van der Waals surface area contributed by atoms with Gasteiger partial charge < -0.3 is 9.47 Å². The highest BCUT2D eigenvalue weighted by molar-refractivity contribution is 4.49. The maximum absolute atomic E-state index is 11.9. The van der Waals surface area contributed by atoms with Crippen molar-refractivity contribution in [3.8, 4) is 0 Å². The molecule has 0 heterocycles. The van der Waals surface area contributed by atoms with Crippen LogP contribution in [0.3, 0.4) is 0 Å². The average Bonchev–Trinajstić information content (AvgIpc) is 2.68. The van der Waals surface area contributed by atoms with Crippen LogP contribution in [-0.4, -0.2) is 33.1 Å². The summed E-state index contributed by atoms with van der Waals surface area (Å²) in [5, 5.41) is 0. The van der Waals surface area contributed by atoms with Gasteiger partial charge in [-0.05, 0) is 32.6 Å². The molecule has 0 fully saturated rings. The number of alkyl halides is 1. The smallest absolute Gasteiger partial charge is 0.0894 e. The van der Waals surface area contributed by atoms with Crippen LogP contribution >= 0.6 is 0 Å². The van der Waals surface area contributed by atoms with Gasteiger partial charge in [-0.25, -0.2) is 0 Å². The molecule has 0 radical (unpaired) electrons. The molecule has 0 amide bonds. The molecule has 0 saturated carbocycles. The zero-order valence-electron chi connectivity index (χ0n) is 18.5. The Labute approximate surface area is 170 Å². The van der Waals surface area contributed by atoms with Gasteiger partial charge in [-0.3, -0.25) is 4.39 Å². The van der Waals surface area contributed by atoms with Gasteiger partial charge in [0.25, 0.3) is 0 Å². The highest BCUT2D eigenvalue weighted by atomic mass is 19.1. The second kappa shape index (κ2) is 25.9. The van der Waals surface area contributed by atoms with Crippen molar-refractivity contribution in [2.75, 3.05) is 33.1 Å². The Morgan fingerprint density at radius 3 is 1.04 bits per heavy atom. The van der Waals surface area contributed by atoms with E-state index in [1.807, 2.05) is 0 Å². The van der Waals surface area contributed by atoms with E-state index in [9.17, 15) is 4.39 Å². The van der Waals surface area contributed by atoms with Crippen LogP contribution in [0.4, 0.5) is 4.39 Å². The van der Waals surface area contributed by atoms with Crippen molar-refractivity contribution >= 4 is 0 Å². The summed E-state index contributed by atoms with van der Waals surface area (Å²) in [6, 6.07) is 0. The van der Waals surface area contributed by atoms with Gasteiger partial charge in [0.15, 0.2) is 0 Å². The SMILES string of the molecule is CCOCCCCCCCCCCCCCCOCCCCCCCCF. The maximum atomic E-state index is 11.9. The minimum Gasteiger partial charge on any atom is -0.382 e. The van der Waals surface area contributed by atoms with E-state index in [1.165, 1.54) is 103 Å². The Bertz CT molecular complexity index is 225. The minimum atomic E-state index is -0.154. The first-order valence-electron chi connectivity index (χ1n) is 12.1. The molecule has 0 aromatic rings. The van der Waals surface area contributed by atoms with Gasteiger partial charge in [0.05, 0.1) is 6.67 Å². The molecule has 0 aliphatic rings. The van der Waals surface area contributed by atoms with Crippen LogP contribution in [0.25, 0.3) is 0 Å². The van der Waals surface area contributed by atoms with E-state index in [1.54, 1.807) is 0 Å². The fraction of sp³-hybridized carbons (Fsp3) is 1.00. The molecule has 0 aliphatic heterocycles. The number of hydrogen-bond donors (Lipinski definition) is 0. The Kier molecular flexibility index (Phi) is 25.7. The predicted octanol–water partition coefficient (Wildman–Crippen LogP) is 8.03. The number of hydrogen-bond acceptors (Lipinski definition) is 2. The normalized spacial score (nSPS) is 11.3. The van der Waals surface area contributed by atoms with Crippen LogP contribution in [0, 0.1) is 0 Å². The molecule has 0 bridgehead atoms. The highest BCUT2D eigenvalue weighted by Crippen LogP contribution is 2.12. The monoisotopic (exact) mass is 388 g/mol. The van der Waals surface area contributed by atoms with E-state index >= 15 is 0 Å². The summed E-state index contributed by atoms with van der Waals surface area (Å²) in [5.41, 5.74) is 0. The zero-order chi connectivity index (χ0) is 19.7. The Balaban J connectivity index is 2.95. The standard InChI is InChI=1S/C24H49FO2/c1-2-26-22-18-14-10-7-5-3-4-6-8-11-15-19-23-27-24-20-16-12-9-13-17-21-25/h2-24H2,1H3. The first kappa shape index (κ1) is 26.9. The molecular formula is C24H49FO2. The van der Waals surface area contributed by atoms with Crippen LogP contribution in [0.5, 0.6) is 0 Å². The van der Waals surface area contributed by atoms with Gasteiger partial charge in [-0.15, -0.1) is 0 Å². The van der Waals surface area contributed by atoms with Crippen LogP contribution in [-0.2, 0) is 9.47 Å². The molecule has 27 heavy (non-hydrogen) atoms. The molecule has 0 aliphatic carbocycles. The summed E-state index contributed by atoms with van der Waals surface area (Å²) in [6.45, 7) is 5.57. The molecule has 164 valence electrons. The number of unbranched alkanes of at least 4 members (excludes halogenated alkanes) is 16. The zero-order valence-corrected chi connectivity index (χ0v) is 18.5. The van der Waals surface area contributed by atoms with E-state index in [0.717, 1.165) is 39.3 Å². The molecule has 3 heteroatoms. The molecule has 0 saturated heterocycles. The summed E-state index contributed by atoms with van der Waals surface area (Å²) >= 11 is 0. The lowest BCUT2D eigenvalue weighted by atomic mass is 10.1. The maximum Gasteiger partial charge on any atom is 0.0894 e. The Hall–Kier alpha value is -0.150. The van der Waals surface area contributed by atoms with Gasteiger partial charge in [0, 0.05) is 26.4 Å². The summed E-state index contributed by atoms with van der Waals surface area (Å²) in [4.78, 5) is 0. The van der Waals surface area contributed by atoms with Crippen molar-refractivity contribution < 1.29 is 13.9 Å². The number of ether oxygens (including phenoxy) is 2. The highest BCUT2D eigenvalue weighted by Gasteiger charge is 1.95. The van der Waals surface area contributed by atoms with Gasteiger partial charge >= 0.3 is 0 Å². The third kappa shape index (κ3) is 25.8. The van der Waals surface area contributed by atoms with E-state index in [4.69, 9.17) is 9.47 Å². The topological polar surface area (TPSA) is 18.5 Å². The van der Waals surface area contributed by atoms with Crippen molar-refractivity contribution in [1.82, 2.24) is 0 Å². The molecule has 0 N–H and O–H groups in total. The summed E-state index contributed by atoms with van der Waals surface area (Å²) in [6.07, 6.45) is 22.9. The van der Waals surface area contributed by atoms with Gasteiger partial charge in [-0.2, -0.15) is 0 Å². The lowest BCUT2D eigenvalue weighted by Gasteiger charge is -2.05. The van der Waals surface area contributed by atoms with E-state index in [0.29, 0.717) is 0 Å². The van der Waals surface area contributed by atoms with Crippen LogP contribution in [0.1, 0.15) is 122 Å². The Morgan fingerprint density at radius 2 is 0.704 bits per heavy atom. The third-order valence-electron chi connectivity index (χ3n) is 5.20. The van der Waals surface area contributed by atoms with Gasteiger partial charge in [-0.1, -0.05) is 89.9 Å². The van der Waals surface area contributed by atoms with Gasteiger partial charge in [0.1, 0.15) is 0 Å². The van der Waals surface area contributed by atoms with Crippen molar-refractivity contribution in [3.05, 3.63) is 0 Å². The van der Waals surface area contributed by atoms with Crippen molar-refractivity contribution in [3.63, 3.8) is 0 Å². The molecule has 0 spiro atoms. The largest absolute Gasteiger partial charge is 0.382 e. The molecule has 0 atom stereocenters. The first-order chi connectivity index (χ1) is 13.4. The van der Waals surface area contributed by atoms with E-state index < -0.39 is 0 Å². The molecular weight excluding hydrogens is 339 g/mol. The number of halogens is 1. The molecule has 0 rings (SSSR count). The van der Waals surface area contributed by atoms with E-state index in [2.05, 4.69) is 6.92 Å². The minimum absolute atomic E-state index is 0.154. The lowest BCUT2D eigenvalue weighted by molar-refractivity contribution is 0.125. The second-order valence-corrected chi connectivity index (χ2v) is 7.86. The quantitative estimate of drug-likeness (QED) is 0.156. The third-order valence-corrected chi connectivity index (χ3v) is 5.20. The van der Waals surface area contributed by atoms with Crippen LogP contribution < -0.4 is 0 Å². The molecule has 0 aromatic carbocycles. The molecule has 0 aromatic heterocycles. The summed E-state index contributed by atoms with van der Waals surface area (Å²) in [7, 11) is 0. The lowest BCUT2D eigenvalue weighted by Crippen LogP contribution is -1.97. The summed E-state index contributed by atoms with van der Waals surface area (Å²) in [5.74, 6) is 0. The van der Waals surface area contributed by atoms with Crippen molar-refractivity contribution in [2.45, 2.75) is 122 Å². The van der Waals surface area contributed by atoms with Crippen molar-refractivity contribution in [1.29, 1.82) is 0 Å². The fourth-order valence-corrected chi connectivity index (χ4v) is 3.43. The van der Waals surface area contributed by atoms with Gasteiger partial charge in [0.2, 0.25) is 0 Å². The Morgan fingerprint density at radius 1 is 0.407 bits per heavy atom. The first-order valence-corrected chi connectivity index (χ1v) is 12.1. The molecule has 0 unspecified atom stereocenters. The predicted molar refractivity (Wildman–Crippen MR) is 116 cm³/mol. The molecule has 2 nitrogen and oxygen atoms in total.